The maximum absolute atomic E-state index is 9.55. The van der Waals surface area contributed by atoms with Crippen molar-refractivity contribution in [2.24, 2.45) is 0 Å². The highest BCUT2D eigenvalue weighted by atomic mass is 16.5. The number of nitrogen functional groups attached to an aromatic ring is 1. The van der Waals surface area contributed by atoms with Gasteiger partial charge in [-0.1, -0.05) is 12.1 Å². The normalized spacial score (nSPS) is 15.3. The third kappa shape index (κ3) is 2.10. The molecule has 1 atom stereocenters. The predicted octanol–water partition coefficient (Wildman–Crippen LogP) is 3.14. The molecule has 3 rings (SSSR count). The first-order valence-electron chi connectivity index (χ1n) is 7.02. The molecule has 0 fully saturated rings. The van der Waals surface area contributed by atoms with E-state index in [9.17, 15) is 10.5 Å². The zero-order valence-electron chi connectivity index (χ0n) is 12.4. The van der Waals surface area contributed by atoms with E-state index in [4.69, 9.17) is 15.7 Å². The van der Waals surface area contributed by atoms with E-state index in [0.29, 0.717) is 23.3 Å². The fraction of sp³-hybridized carbons (Fsp3) is 0.167. The minimum Gasteiger partial charge on any atom is -0.397 e. The van der Waals surface area contributed by atoms with E-state index in [1.807, 2.05) is 6.92 Å². The van der Waals surface area contributed by atoms with Crippen molar-refractivity contribution >= 4 is 5.69 Å². The van der Waals surface area contributed by atoms with Crippen molar-refractivity contribution in [3.63, 3.8) is 0 Å². The van der Waals surface area contributed by atoms with Crippen LogP contribution in [-0.4, -0.2) is 0 Å². The Hall–Kier alpha value is -3.33. The Kier molecular flexibility index (Phi) is 3.47. The van der Waals surface area contributed by atoms with Gasteiger partial charge in [-0.15, -0.1) is 0 Å². The molecule has 1 aliphatic heterocycles. The predicted molar refractivity (Wildman–Crippen MR) is 83.6 cm³/mol. The van der Waals surface area contributed by atoms with Crippen molar-refractivity contribution in [2.45, 2.75) is 19.6 Å². The molecule has 1 unspecified atom stereocenters. The van der Waals surface area contributed by atoms with Gasteiger partial charge in [0, 0.05) is 11.1 Å². The maximum Gasteiger partial charge on any atom is 0.102 e. The van der Waals surface area contributed by atoms with Crippen LogP contribution in [0, 0.1) is 34.0 Å². The summed E-state index contributed by atoms with van der Waals surface area (Å²) in [5, 5.41) is 27.9. The van der Waals surface area contributed by atoms with Gasteiger partial charge in [-0.2, -0.15) is 15.8 Å². The van der Waals surface area contributed by atoms with E-state index in [2.05, 4.69) is 18.2 Å². The number of hydrogen-bond acceptors (Lipinski definition) is 5. The van der Waals surface area contributed by atoms with Crippen molar-refractivity contribution in [1.29, 1.82) is 15.8 Å². The number of benzene rings is 2. The zero-order valence-corrected chi connectivity index (χ0v) is 12.4. The minimum atomic E-state index is -0.244. The fourth-order valence-corrected chi connectivity index (χ4v) is 3.00. The van der Waals surface area contributed by atoms with E-state index < -0.39 is 0 Å². The van der Waals surface area contributed by atoms with Crippen molar-refractivity contribution in [1.82, 2.24) is 0 Å². The Morgan fingerprint density at radius 2 is 1.70 bits per heavy atom. The number of rotatable bonds is 1. The lowest BCUT2D eigenvalue weighted by Gasteiger charge is -2.15. The molecule has 1 heterocycles. The summed E-state index contributed by atoms with van der Waals surface area (Å²) in [5.74, 6) is 0. The Morgan fingerprint density at radius 3 is 2.26 bits per heavy atom. The summed E-state index contributed by atoms with van der Waals surface area (Å²) in [7, 11) is 0. The van der Waals surface area contributed by atoms with Crippen molar-refractivity contribution in [3.05, 3.63) is 52.1 Å². The van der Waals surface area contributed by atoms with Gasteiger partial charge in [0.25, 0.3) is 0 Å². The Morgan fingerprint density at radius 1 is 1.04 bits per heavy atom. The molecule has 0 amide bonds. The number of hydrogen-bond donors (Lipinski definition) is 1. The first kappa shape index (κ1) is 14.6. The second-order valence-electron chi connectivity index (χ2n) is 5.30. The molecule has 2 aromatic carbocycles. The Labute approximate surface area is 133 Å². The van der Waals surface area contributed by atoms with Crippen molar-refractivity contribution in [2.75, 3.05) is 5.73 Å². The number of fused-ring (bicyclic) bond motifs is 1. The monoisotopic (exact) mass is 300 g/mol. The van der Waals surface area contributed by atoms with Gasteiger partial charge >= 0.3 is 0 Å². The smallest absolute Gasteiger partial charge is 0.102 e. The maximum atomic E-state index is 9.55. The summed E-state index contributed by atoms with van der Waals surface area (Å²) < 4.78 is 5.66. The molecule has 0 aliphatic carbocycles. The summed E-state index contributed by atoms with van der Waals surface area (Å²) in [6.45, 7) is 2.19. The molecule has 23 heavy (non-hydrogen) atoms. The van der Waals surface area contributed by atoms with E-state index in [0.717, 1.165) is 16.7 Å². The average molecular weight is 300 g/mol. The molecule has 0 aromatic heterocycles. The van der Waals surface area contributed by atoms with Crippen LogP contribution < -0.4 is 5.73 Å². The summed E-state index contributed by atoms with van der Waals surface area (Å²) >= 11 is 0. The second-order valence-corrected chi connectivity index (χ2v) is 5.30. The van der Waals surface area contributed by atoms with Crippen LogP contribution in [0.3, 0.4) is 0 Å². The quantitative estimate of drug-likeness (QED) is 0.814. The Balaban J connectivity index is 2.37. The summed E-state index contributed by atoms with van der Waals surface area (Å²) in [5.41, 5.74) is 10.5. The van der Waals surface area contributed by atoms with Crippen molar-refractivity contribution < 1.29 is 4.74 Å². The van der Waals surface area contributed by atoms with Crippen LogP contribution in [0.2, 0.25) is 0 Å². The van der Waals surface area contributed by atoms with Crippen LogP contribution in [0.1, 0.15) is 40.8 Å². The molecular formula is C18H12N4O. The van der Waals surface area contributed by atoms with Gasteiger partial charge in [-0.05, 0) is 30.2 Å². The molecule has 0 bridgehead atoms. The van der Waals surface area contributed by atoms with Crippen molar-refractivity contribution in [3.8, 4) is 29.3 Å². The number of nitrogens with zero attached hydrogens (tertiary/aromatic N) is 3. The van der Waals surface area contributed by atoms with Gasteiger partial charge in [0.2, 0.25) is 0 Å². The van der Waals surface area contributed by atoms with Crippen LogP contribution in [-0.2, 0) is 11.3 Å². The van der Waals surface area contributed by atoms with Gasteiger partial charge < -0.3 is 10.5 Å². The molecule has 0 saturated carbocycles. The third-order valence-corrected chi connectivity index (χ3v) is 4.10. The van der Waals surface area contributed by atoms with E-state index in [-0.39, 0.29) is 17.4 Å². The molecule has 5 nitrogen and oxygen atoms in total. The zero-order chi connectivity index (χ0) is 16.6. The summed E-state index contributed by atoms with van der Waals surface area (Å²) in [4.78, 5) is 0. The van der Waals surface area contributed by atoms with Crippen LogP contribution in [0.4, 0.5) is 5.69 Å². The van der Waals surface area contributed by atoms with Gasteiger partial charge in [-0.25, -0.2) is 0 Å². The summed E-state index contributed by atoms with van der Waals surface area (Å²) in [6.07, 6.45) is -0.244. The number of ether oxygens (including phenoxy) is 1. The summed E-state index contributed by atoms with van der Waals surface area (Å²) in [6, 6.07) is 13.2. The van der Waals surface area contributed by atoms with Gasteiger partial charge in [-0.3, -0.25) is 0 Å². The highest BCUT2D eigenvalue weighted by Gasteiger charge is 2.31. The fourth-order valence-electron chi connectivity index (χ4n) is 3.00. The molecule has 0 saturated heterocycles. The lowest BCUT2D eigenvalue weighted by molar-refractivity contribution is 0.0796. The number of nitrogens with two attached hydrogens (primary N) is 1. The van der Waals surface area contributed by atoms with Crippen LogP contribution >= 0.6 is 0 Å². The highest BCUT2D eigenvalue weighted by molar-refractivity contribution is 5.85. The topological polar surface area (TPSA) is 107 Å². The first-order chi connectivity index (χ1) is 11.1. The van der Waals surface area contributed by atoms with Crippen LogP contribution in [0.15, 0.2) is 24.3 Å². The number of anilines is 1. The minimum absolute atomic E-state index is 0.186. The molecule has 5 heteroatoms. The first-order valence-corrected chi connectivity index (χ1v) is 7.02. The molecule has 2 N–H and O–H groups in total. The largest absolute Gasteiger partial charge is 0.397 e. The van der Waals surface area contributed by atoms with E-state index in [1.165, 1.54) is 0 Å². The molecule has 1 aliphatic rings. The lowest BCUT2D eigenvalue weighted by atomic mass is 9.86. The molecular weight excluding hydrogens is 288 g/mol. The standard InChI is InChI=1S/C18H12N4O/c1-10-16-13(7-20)18(22)14(8-21)17(15(16)9-23-10)12-4-2-11(6-19)3-5-12/h2-5,10H,9,22H2,1H3. The SMILES string of the molecule is CC1OCc2c(-c3ccc(C#N)cc3)c(C#N)c(N)c(C#N)c21. The lowest BCUT2D eigenvalue weighted by Crippen LogP contribution is -2.05. The molecule has 110 valence electrons. The highest BCUT2D eigenvalue weighted by Crippen LogP contribution is 2.44. The van der Waals surface area contributed by atoms with Gasteiger partial charge in [0.05, 0.1) is 41.2 Å². The molecule has 2 aromatic rings. The second kappa shape index (κ2) is 5.46. The molecule has 0 spiro atoms. The van der Waals surface area contributed by atoms with Crippen LogP contribution in [0.5, 0.6) is 0 Å². The third-order valence-electron chi connectivity index (χ3n) is 4.10. The average Bonchev–Trinajstić information content (AvgIpc) is 2.95. The number of nitriles is 3. The van der Waals surface area contributed by atoms with Gasteiger partial charge in [0.15, 0.2) is 0 Å². The Bertz CT molecular complexity index is 924. The van der Waals surface area contributed by atoms with E-state index in [1.54, 1.807) is 24.3 Å². The van der Waals surface area contributed by atoms with E-state index >= 15 is 0 Å². The van der Waals surface area contributed by atoms with Gasteiger partial charge in [0.1, 0.15) is 12.1 Å². The van der Waals surface area contributed by atoms with Crippen LogP contribution in [0.25, 0.3) is 11.1 Å². The molecule has 0 radical (unpaired) electrons.